The van der Waals surface area contributed by atoms with E-state index in [4.69, 9.17) is 4.74 Å². The third-order valence-electron chi connectivity index (χ3n) is 8.40. The Balaban J connectivity index is 1.34. The maximum absolute atomic E-state index is 14.0. The normalized spacial score (nSPS) is 25.9. The largest absolute Gasteiger partial charge is 0.494 e. The number of nitrogens with zero attached hydrogens (tertiary/aromatic N) is 1. The minimum Gasteiger partial charge on any atom is -0.494 e. The summed E-state index contributed by atoms with van der Waals surface area (Å²) in [6.07, 6.45) is 4.62. The minimum atomic E-state index is -0.532. The molecule has 1 aliphatic heterocycles. The summed E-state index contributed by atoms with van der Waals surface area (Å²) in [6, 6.07) is 24.2. The number of carbonyl (C=O) groups excluding carboxylic acids is 2. The van der Waals surface area contributed by atoms with Gasteiger partial charge in [-0.25, -0.2) is 4.90 Å². The molecule has 2 bridgehead atoms. The third kappa shape index (κ3) is 3.12. The van der Waals surface area contributed by atoms with Crippen molar-refractivity contribution in [2.75, 3.05) is 11.5 Å². The summed E-state index contributed by atoms with van der Waals surface area (Å²) in [6.45, 7) is 5.03. The molecule has 4 nitrogen and oxygen atoms in total. The molecule has 0 spiro atoms. The van der Waals surface area contributed by atoms with Crippen LogP contribution in [-0.2, 0) is 15.0 Å². The summed E-state index contributed by atoms with van der Waals surface area (Å²) in [5.74, 6) is -0.292. The Morgan fingerprint density at radius 3 is 2.06 bits per heavy atom. The van der Waals surface area contributed by atoms with Crippen molar-refractivity contribution in [1.29, 1.82) is 0 Å². The molecule has 2 amide bonds. The van der Waals surface area contributed by atoms with Gasteiger partial charge < -0.3 is 4.74 Å². The van der Waals surface area contributed by atoms with Gasteiger partial charge in [-0.05, 0) is 52.9 Å². The first kappa shape index (κ1) is 22.1. The van der Waals surface area contributed by atoms with Crippen LogP contribution in [0.25, 0.3) is 0 Å². The number of unbranched alkanes of at least 4 members (excludes halogenated alkanes) is 3. The molecule has 0 radical (unpaired) electrons. The summed E-state index contributed by atoms with van der Waals surface area (Å²) in [4.78, 5) is 29.4. The van der Waals surface area contributed by atoms with Crippen LogP contribution in [0.1, 0.15) is 67.7 Å². The van der Waals surface area contributed by atoms with E-state index in [-0.39, 0.29) is 23.7 Å². The molecular formula is C31H31NO3. The topological polar surface area (TPSA) is 46.6 Å². The van der Waals surface area contributed by atoms with E-state index < -0.39 is 11.3 Å². The number of carbonyl (C=O) groups is 2. The summed E-state index contributed by atoms with van der Waals surface area (Å²) in [5, 5.41) is 0. The second-order valence-electron chi connectivity index (χ2n) is 10.3. The molecule has 0 N–H and O–H groups in total. The number of amides is 2. The van der Waals surface area contributed by atoms with Gasteiger partial charge in [-0.2, -0.15) is 0 Å². The number of benzene rings is 3. The van der Waals surface area contributed by atoms with Crippen molar-refractivity contribution in [2.45, 2.75) is 50.9 Å². The Hall–Kier alpha value is -3.40. The molecule has 0 unspecified atom stereocenters. The standard InChI is InChI=1S/C31H31NO3/c1-3-4-5-10-19-35-21-17-15-20(16-18-21)32-29(33)27-26-22-11-6-8-13-24(22)31(2,28(27)30(32)34)25-14-9-7-12-23(25)26/h6-9,11-18,26-28H,3-5,10,19H2,1-2H3/t26?,27-,28-,31?/m1/s1. The van der Waals surface area contributed by atoms with E-state index in [2.05, 4.69) is 38.1 Å². The summed E-state index contributed by atoms with van der Waals surface area (Å²) in [7, 11) is 0. The van der Waals surface area contributed by atoms with E-state index in [0.717, 1.165) is 12.2 Å². The van der Waals surface area contributed by atoms with Crippen LogP contribution in [0.15, 0.2) is 72.8 Å². The van der Waals surface area contributed by atoms with E-state index in [1.807, 2.05) is 48.5 Å². The van der Waals surface area contributed by atoms with Crippen LogP contribution in [0.2, 0.25) is 0 Å². The molecule has 3 aromatic rings. The molecule has 0 aromatic heterocycles. The molecule has 3 aromatic carbocycles. The zero-order valence-electron chi connectivity index (χ0n) is 20.4. The molecule has 4 aliphatic rings. The summed E-state index contributed by atoms with van der Waals surface area (Å²) < 4.78 is 5.87. The number of rotatable bonds is 7. The van der Waals surface area contributed by atoms with Crippen molar-refractivity contribution in [1.82, 2.24) is 0 Å². The first-order valence-corrected chi connectivity index (χ1v) is 12.9. The van der Waals surface area contributed by atoms with E-state index in [1.165, 1.54) is 46.4 Å². The predicted molar refractivity (Wildman–Crippen MR) is 137 cm³/mol. The first-order chi connectivity index (χ1) is 17.1. The lowest BCUT2D eigenvalue weighted by Crippen LogP contribution is -2.51. The van der Waals surface area contributed by atoms with Gasteiger partial charge in [0.15, 0.2) is 0 Å². The van der Waals surface area contributed by atoms with Crippen molar-refractivity contribution in [2.24, 2.45) is 11.8 Å². The maximum atomic E-state index is 14.0. The molecule has 1 fully saturated rings. The highest BCUT2D eigenvalue weighted by molar-refractivity contribution is 6.23. The van der Waals surface area contributed by atoms with Gasteiger partial charge in [0.1, 0.15) is 5.75 Å². The van der Waals surface area contributed by atoms with Gasteiger partial charge in [-0.3, -0.25) is 9.59 Å². The Morgan fingerprint density at radius 2 is 1.43 bits per heavy atom. The number of ether oxygens (including phenoxy) is 1. The molecule has 1 saturated heterocycles. The molecule has 178 valence electrons. The van der Waals surface area contributed by atoms with Crippen LogP contribution < -0.4 is 9.64 Å². The van der Waals surface area contributed by atoms with E-state index in [1.54, 1.807) is 0 Å². The van der Waals surface area contributed by atoms with Crippen molar-refractivity contribution < 1.29 is 14.3 Å². The quantitative estimate of drug-likeness (QED) is 0.308. The van der Waals surface area contributed by atoms with Crippen LogP contribution in [0.4, 0.5) is 5.69 Å². The van der Waals surface area contributed by atoms with Crippen LogP contribution in [0, 0.1) is 11.8 Å². The SMILES string of the molecule is CCCCCCOc1ccc(N2C(=O)[C@@H]3C4c5ccccc5C(C)(c5ccccc54)[C@H]3C2=O)cc1. The molecule has 7 rings (SSSR count). The van der Waals surface area contributed by atoms with E-state index in [0.29, 0.717) is 12.3 Å². The Morgan fingerprint density at radius 1 is 0.800 bits per heavy atom. The number of anilines is 1. The number of hydrogen-bond acceptors (Lipinski definition) is 3. The van der Waals surface area contributed by atoms with Crippen LogP contribution in [-0.4, -0.2) is 18.4 Å². The monoisotopic (exact) mass is 465 g/mol. The molecule has 4 heteroatoms. The molecule has 0 saturated carbocycles. The Bertz CT molecular complexity index is 1250. The average molecular weight is 466 g/mol. The first-order valence-electron chi connectivity index (χ1n) is 12.9. The molecule has 2 atom stereocenters. The second kappa shape index (κ2) is 8.37. The van der Waals surface area contributed by atoms with Gasteiger partial charge in [0.25, 0.3) is 0 Å². The fourth-order valence-corrected chi connectivity index (χ4v) is 6.82. The van der Waals surface area contributed by atoms with Crippen molar-refractivity contribution >= 4 is 17.5 Å². The van der Waals surface area contributed by atoms with Crippen molar-refractivity contribution in [3.63, 3.8) is 0 Å². The van der Waals surface area contributed by atoms with Gasteiger partial charge in [-0.1, -0.05) is 81.6 Å². The Labute approximate surface area is 206 Å². The summed E-state index contributed by atoms with van der Waals surface area (Å²) in [5.41, 5.74) is 4.83. The van der Waals surface area contributed by atoms with Crippen LogP contribution >= 0.6 is 0 Å². The smallest absolute Gasteiger partial charge is 0.238 e. The highest BCUT2D eigenvalue weighted by Gasteiger charge is 2.66. The van der Waals surface area contributed by atoms with Crippen molar-refractivity contribution in [3.8, 4) is 5.75 Å². The fourth-order valence-electron chi connectivity index (χ4n) is 6.82. The van der Waals surface area contributed by atoms with E-state index in [9.17, 15) is 9.59 Å². The summed E-state index contributed by atoms with van der Waals surface area (Å²) >= 11 is 0. The lowest BCUT2D eigenvalue weighted by atomic mass is 9.48. The van der Waals surface area contributed by atoms with Crippen LogP contribution in [0.3, 0.4) is 0 Å². The molecule has 1 heterocycles. The minimum absolute atomic E-state index is 0.0894. The third-order valence-corrected chi connectivity index (χ3v) is 8.40. The van der Waals surface area contributed by atoms with Gasteiger partial charge in [-0.15, -0.1) is 0 Å². The number of imide groups is 1. The lowest BCUT2D eigenvalue weighted by molar-refractivity contribution is -0.123. The van der Waals surface area contributed by atoms with Gasteiger partial charge >= 0.3 is 0 Å². The van der Waals surface area contributed by atoms with Gasteiger partial charge in [0, 0.05) is 11.3 Å². The van der Waals surface area contributed by atoms with Crippen molar-refractivity contribution in [3.05, 3.63) is 95.1 Å². The maximum Gasteiger partial charge on any atom is 0.238 e. The molecule has 3 aliphatic carbocycles. The number of hydrogen-bond donors (Lipinski definition) is 0. The van der Waals surface area contributed by atoms with Gasteiger partial charge in [0.2, 0.25) is 11.8 Å². The highest BCUT2D eigenvalue weighted by atomic mass is 16.5. The second-order valence-corrected chi connectivity index (χ2v) is 10.3. The highest BCUT2D eigenvalue weighted by Crippen LogP contribution is 2.64. The predicted octanol–water partition coefficient (Wildman–Crippen LogP) is 6.22. The molecule has 35 heavy (non-hydrogen) atoms. The van der Waals surface area contributed by atoms with Crippen LogP contribution in [0.5, 0.6) is 5.75 Å². The average Bonchev–Trinajstić information content (AvgIpc) is 3.16. The van der Waals surface area contributed by atoms with Gasteiger partial charge in [0.05, 0.1) is 24.1 Å². The van der Waals surface area contributed by atoms with E-state index >= 15 is 0 Å². The Kier molecular flexibility index (Phi) is 5.28. The lowest BCUT2D eigenvalue weighted by Gasteiger charge is -2.52. The molecular weight excluding hydrogens is 434 g/mol. The zero-order valence-corrected chi connectivity index (χ0v) is 20.4. The zero-order chi connectivity index (χ0) is 24.2. The fraction of sp³-hybridized carbons (Fsp3) is 0.355.